The Bertz CT molecular complexity index is 456. The average Bonchev–Trinajstić information content (AvgIpc) is 2.81. The molecule has 0 atom stereocenters. The van der Waals surface area contributed by atoms with Crippen molar-refractivity contribution in [2.75, 3.05) is 12.4 Å². The molecule has 0 saturated heterocycles. The summed E-state index contributed by atoms with van der Waals surface area (Å²) in [5.41, 5.74) is 0.997. The Morgan fingerprint density at radius 3 is 3.06 bits per heavy atom. The zero-order chi connectivity index (χ0) is 11.4. The fourth-order valence-corrected chi connectivity index (χ4v) is 1.76. The van der Waals surface area contributed by atoms with Crippen molar-refractivity contribution in [2.45, 2.75) is 6.54 Å². The van der Waals surface area contributed by atoms with Gasteiger partial charge in [0.1, 0.15) is 11.6 Å². The van der Waals surface area contributed by atoms with E-state index in [1.165, 1.54) is 0 Å². The molecule has 2 rings (SSSR count). The number of H-pyrrole nitrogens is 1. The third kappa shape index (κ3) is 2.55. The summed E-state index contributed by atoms with van der Waals surface area (Å²) in [7, 11) is 1.65. The van der Waals surface area contributed by atoms with Crippen LogP contribution in [0.3, 0.4) is 0 Å². The second kappa shape index (κ2) is 5.03. The second-order valence-corrected chi connectivity index (χ2v) is 4.09. The molecule has 0 spiro atoms. The number of halogens is 1. The SMILES string of the molecule is COc1cc(NCc2ncc[nH]2)ccc1Br. The van der Waals surface area contributed by atoms with Crippen molar-refractivity contribution in [1.82, 2.24) is 9.97 Å². The number of anilines is 1. The number of benzene rings is 1. The van der Waals surface area contributed by atoms with Gasteiger partial charge in [-0.05, 0) is 28.1 Å². The molecule has 0 radical (unpaired) electrons. The summed E-state index contributed by atoms with van der Waals surface area (Å²) in [4.78, 5) is 7.17. The van der Waals surface area contributed by atoms with Gasteiger partial charge >= 0.3 is 0 Å². The van der Waals surface area contributed by atoms with Gasteiger partial charge in [0.2, 0.25) is 0 Å². The zero-order valence-corrected chi connectivity index (χ0v) is 10.4. The van der Waals surface area contributed by atoms with Gasteiger partial charge in [-0.15, -0.1) is 0 Å². The molecule has 0 aliphatic rings. The summed E-state index contributed by atoms with van der Waals surface area (Å²) in [5, 5.41) is 3.25. The highest BCUT2D eigenvalue weighted by atomic mass is 79.9. The minimum Gasteiger partial charge on any atom is -0.495 e. The summed E-state index contributed by atoms with van der Waals surface area (Å²) >= 11 is 3.41. The number of aromatic amines is 1. The first kappa shape index (κ1) is 11.0. The van der Waals surface area contributed by atoms with E-state index < -0.39 is 0 Å². The monoisotopic (exact) mass is 281 g/mol. The minimum atomic E-state index is 0.664. The van der Waals surface area contributed by atoms with Crippen LogP contribution in [-0.4, -0.2) is 17.1 Å². The molecule has 5 heteroatoms. The van der Waals surface area contributed by atoms with Gasteiger partial charge in [0, 0.05) is 24.1 Å². The first-order valence-corrected chi connectivity index (χ1v) is 5.64. The minimum absolute atomic E-state index is 0.664. The maximum atomic E-state index is 5.21. The zero-order valence-electron chi connectivity index (χ0n) is 8.83. The standard InChI is InChI=1S/C11H12BrN3O/c1-16-10-6-8(2-3-9(10)12)15-7-11-13-4-5-14-11/h2-6,15H,7H2,1H3,(H,13,14). The number of ether oxygens (including phenoxy) is 1. The van der Waals surface area contributed by atoms with Crippen molar-refractivity contribution in [3.05, 3.63) is 40.9 Å². The van der Waals surface area contributed by atoms with Crippen LogP contribution in [-0.2, 0) is 6.54 Å². The number of aromatic nitrogens is 2. The van der Waals surface area contributed by atoms with E-state index in [2.05, 4.69) is 31.2 Å². The molecule has 0 amide bonds. The largest absolute Gasteiger partial charge is 0.495 e. The molecule has 0 aliphatic heterocycles. The molecule has 0 saturated carbocycles. The maximum Gasteiger partial charge on any atom is 0.135 e. The van der Waals surface area contributed by atoms with Crippen LogP contribution in [0.2, 0.25) is 0 Å². The lowest BCUT2D eigenvalue weighted by atomic mass is 10.3. The molecule has 1 aromatic carbocycles. The van der Waals surface area contributed by atoms with E-state index in [9.17, 15) is 0 Å². The van der Waals surface area contributed by atoms with Gasteiger partial charge in [0.05, 0.1) is 18.1 Å². The molecule has 1 heterocycles. The summed E-state index contributed by atoms with van der Waals surface area (Å²) in [6.45, 7) is 0.664. The molecule has 2 N–H and O–H groups in total. The van der Waals surface area contributed by atoms with Gasteiger partial charge in [0.25, 0.3) is 0 Å². The van der Waals surface area contributed by atoms with Crippen LogP contribution in [0.5, 0.6) is 5.75 Å². The second-order valence-electron chi connectivity index (χ2n) is 3.24. The number of methoxy groups -OCH3 is 1. The van der Waals surface area contributed by atoms with Gasteiger partial charge in [-0.1, -0.05) is 0 Å². The fraction of sp³-hybridized carbons (Fsp3) is 0.182. The Morgan fingerprint density at radius 2 is 2.38 bits per heavy atom. The smallest absolute Gasteiger partial charge is 0.135 e. The lowest BCUT2D eigenvalue weighted by molar-refractivity contribution is 0.412. The molecule has 4 nitrogen and oxygen atoms in total. The van der Waals surface area contributed by atoms with Crippen molar-refractivity contribution in [2.24, 2.45) is 0 Å². The number of rotatable bonds is 4. The predicted molar refractivity (Wildman–Crippen MR) is 66.6 cm³/mol. The van der Waals surface area contributed by atoms with Crippen LogP contribution in [0, 0.1) is 0 Å². The van der Waals surface area contributed by atoms with Crippen LogP contribution in [0.25, 0.3) is 0 Å². The third-order valence-electron chi connectivity index (χ3n) is 2.17. The Morgan fingerprint density at radius 1 is 1.50 bits per heavy atom. The van der Waals surface area contributed by atoms with Gasteiger partial charge in [0.15, 0.2) is 0 Å². The normalized spacial score (nSPS) is 10.1. The molecule has 1 aromatic heterocycles. The number of hydrogen-bond acceptors (Lipinski definition) is 3. The molecule has 0 unspecified atom stereocenters. The molecule has 0 bridgehead atoms. The Labute approximate surface area is 102 Å². The van der Waals surface area contributed by atoms with Crippen LogP contribution < -0.4 is 10.1 Å². The highest BCUT2D eigenvalue weighted by Crippen LogP contribution is 2.27. The van der Waals surface area contributed by atoms with Gasteiger partial charge in [-0.25, -0.2) is 4.98 Å². The Hall–Kier alpha value is -1.49. The van der Waals surface area contributed by atoms with E-state index in [0.29, 0.717) is 6.54 Å². The predicted octanol–water partition coefficient (Wildman–Crippen LogP) is 2.79. The molecular weight excluding hydrogens is 270 g/mol. The highest BCUT2D eigenvalue weighted by molar-refractivity contribution is 9.10. The molecule has 2 aromatic rings. The molecule has 0 fully saturated rings. The lowest BCUT2D eigenvalue weighted by Crippen LogP contribution is -2.01. The highest BCUT2D eigenvalue weighted by Gasteiger charge is 2.01. The third-order valence-corrected chi connectivity index (χ3v) is 2.82. The maximum absolute atomic E-state index is 5.21. The van der Waals surface area contributed by atoms with Crippen molar-refractivity contribution >= 4 is 21.6 Å². The molecular formula is C11H12BrN3O. The summed E-state index contributed by atoms with van der Waals surface area (Å²) in [6, 6.07) is 5.87. The van der Waals surface area contributed by atoms with Gasteiger partial charge < -0.3 is 15.0 Å². The number of nitrogens with zero attached hydrogens (tertiary/aromatic N) is 1. The first-order valence-electron chi connectivity index (χ1n) is 4.85. The van der Waals surface area contributed by atoms with Gasteiger partial charge in [-0.3, -0.25) is 0 Å². The number of imidazole rings is 1. The van der Waals surface area contributed by atoms with Crippen LogP contribution in [0.15, 0.2) is 35.1 Å². The average molecular weight is 282 g/mol. The van der Waals surface area contributed by atoms with E-state index in [-0.39, 0.29) is 0 Å². The van der Waals surface area contributed by atoms with Crippen LogP contribution in [0.1, 0.15) is 5.82 Å². The summed E-state index contributed by atoms with van der Waals surface area (Å²) < 4.78 is 6.16. The lowest BCUT2D eigenvalue weighted by Gasteiger charge is -2.08. The quantitative estimate of drug-likeness (QED) is 0.906. The van der Waals surface area contributed by atoms with Crippen molar-refractivity contribution < 1.29 is 4.74 Å². The topological polar surface area (TPSA) is 49.9 Å². The van der Waals surface area contributed by atoms with Crippen LogP contribution >= 0.6 is 15.9 Å². The van der Waals surface area contributed by atoms with E-state index >= 15 is 0 Å². The van der Waals surface area contributed by atoms with E-state index in [1.807, 2.05) is 18.2 Å². The fourth-order valence-electron chi connectivity index (χ4n) is 1.35. The van der Waals surface area contributed by atoms with Crippen LogP contribution in [0.4, 0.5) is 5.69 Å². The molecule has 84 valence electrons. The van der Waals surface area contributed by atoms with Crippen molar-refractivity contribution in [3.63, 3.8) is 0 Å². The van der Waals surface area contributed by atoms with E-state index in [0.717, 1.165) is 21.7 Å². The summed E-state index contributed by atoms with van der Waals surface area (Å²) in [5.74, 6) is 1.71. The molecule has 0 aliphatic carbocycles. The first-order chi connectivity index (χ1) is 7.79. The Balaban J connectivity index is 2.04. The number of hydrogen-bond donors (Lipinski definition) is 2. The van der Waals surface area contributed by atoms with Gasteiger partial charge in [-0.2, -0.15) is 0 Å². The van der Waals surface area contributed by atoms with E-state index in [4.69, 9.17) is 4.74 Å². The summed E-state index contributed by atoms with van der Waals surface area (Å²) in [6.07, 6.45) is 3.54. The van der Waals surface area contributed by atoms with E-state index in [1.54, 1.807) is 19.5 Å². The number of nitrogens with one attached hydrogen (secondary N) is 2. The van der Waals surface area contributed by atoms with Crippen molar-refractivity contribution in [3.8, 4) is 5.75 Å². The molecule has 16 heavy (non-hydrogen) atoms. The van der Waals surface area contributed by atoms with Crippen molar-refractivity contribution in [1.29, 1.82) is 0 Å². The Kier molecular flexibility index (Phi) is 3.46.